The number of benzene rings is 1. The van der Waals surface area contributed by atoms with E-state index >= 15 is 0 Å². The van der Waals surface area contributed by atoms with Crippen molar-refractivity contribution in [2.45, 2.75) is 30.7 Å². The lowest BCUT2D eigenvalue weighted by Crippen LogP contribution is -2.32. The summed E-state index contributed by atoms with van der Waals surface area (Å²) in [6, 6.07) is 7.17. The average Bonchev–Trinajstić information content (AvgIpc) is 2.81. The van der Waals surface area contributed by atoms with Crippen LogP contribution in [0.2, 0.25) is 15.1 Å². The molecule has 8 nitrogen and oxygen atoms in total. The predicted molar refractivity (Wildman–Crippen MR) is 138 cm³/mol. The predicted octanol–water partition coefficient (Wildman–Crippen LogP) is 5.31. The molecule has 0 bridgehead atoms. The Bertz CT molecular complexity index is 1240. The summed E-state index contributed by atoms with van der Waals surface area (Å²) in [6.07, 6.45) is 4.84. The van der Waals surface area contributed by atoms with Gasteiger partial charge in [0.25, 0.3) is 5.91 Å². The van der Waals surface area contributed by atoms with Gasteiger partial charge < -0.3 is 15.7 Å². The Morgan fingerprint density at radius 1 is 1.06 bits per heavy atom. The van der Waals surface area contributed by atoms with Gasteiger partial charge in [-0.15, -0.1) is 0 Å². The van der Waals surface area contributed by atoms with E-state index in [-0.39, 0.29) is 32.9 Å². The van der Waals surface area contributed by atoms with Crippen molar-refractivity contribution in [1.29, 1.82) is 0 Å². The van der Waals surface area contributed by atoms with Gasteiger partial charge in [0, 0.05) is 36.5 Å². The molecule has 0 radical (unpaired) electrons. The monoisotopic (exact) mass is 554 g/mol. The van der Waals surface area contributed by atoms with E-state index in [1.807, 2.05) is 6.92 Å². The molecular formula is C23H21Cl3N4O4S. The zero-order valence-electron chi connectivity index (χ0n) is 18.4. The second kappa shape index (κ2) is 12.3. The Morgan fingerprint density at radius 3 is 2.31 bits per heavy atom. The third-order valence-corrected chi connectivity index (χ3v) is 7.40. The van der Waals surface area contributed by atoms with E-state index in [4.69, 9.17) is 34.8 Å². The van der Waals surface area contributed by atoms with Crippen LogP contribution in [0.1, 0.15) is 29.3 Å². The average molecular weight is 556 g/mol. The van der Waals surface area contributed by atoms with Gasteiger partial charge in [0.05, 0.1) is 36.3 Å². The summed E-state index contributed by atoms with van der Waals surface area (Å²) in [4.78, 5) is 32.7. The maximum Gasteiger partial charge on any atom is 0.326 e. The highest BCUT2D eigenvalue weighted by Gasteiger charge is 2.20. The molecule has 0 aliphatic carbocycles. The molecule has 3 N–H and O–H groups in total. The smallest absolute Gasteiger partial charge is 0.326 e. The fourth-order valence-corrected chi connectivity index (χ4v) is 5.13. The number of pyridine rings is 2. The number of aromatic nitrogens is 2. The van der Waals surface area contributed by atoms with Crippen molar-refractivity contribution in [3.63, 3.8) is 0 Å². The number of halogens is 3. The van der Waals surface area contributed by atoms with E-state index < -0.39 is 28.7 Å². The number of carboxylic acid groups (broad SMARTS) is 1. The Kier molecular flexibility index (Phi) is 9.45. The lowest BCUT2D eigenvalue weighted by molar-refractivity contribution is -0.137. The highest BCUT2D eigenvalue weighted by atomic mass is 35.5. The first kappa shape index (κ1) is 26.9. The summed E-state index contributed by atoms with van der Waals surface area (Å²) < 4.78 is 12.4. The van der Waals surface area contributed by atoms with Gasteiger partial charge in [-0.05, 0) is 30.2 Å². The number of nitrogens with zero attached hydrogens (tertiary/aromatic N) is 2. The molecule has 0 fully saturated rings. The molecule has 2 heterocycles. The van der Waals surface area contributed by atoms with Crippen LogP contribution in [0, 0.1) is 0 Å². The molecule has 35 heavy (non-hydrogen) atoms. The number of carbonyl (C=O) groups excluding carboxylic acids is 1. The van der Waals surface area contributed by atoms with Crippen LogP contribution in [-0.2, 0) is 22.0 Å². The zero-order chi connectivity index (χ0) is 25.5. The van der Waals surface area contributed by atoms with E-state index in [1.54, 1.807) is 24.3 Å². The summed E-state index contributed by atoms with van der Waals surface area (Å²) in [5.41, 5.74) is 1.29. The molecule has 2 aromatic heterocycles. The van der Waals surface area contributed by atoms with Crippen LogP contribution >= 0.6 is 34.8 Å². The lowest BCUT2D eigenvalue weighted by Gasteiger charge is -2.16. The van der Waals surface area contributed by atoms with E-state index in [9.17, 15) is 18.9 Å². The number of rotatable bonds is 10. The summed E-state index contributed by atoms with van der Waals surface area (Å²) in [5.74, 6) is -0.882. The normalized spacial score (nSPS) is 12.6. The second-order valence-corrected chi connectivity index (χ2v) is 10.2. The summed E-state index contributed by atoms with van der Waals surface area (Å²) in [5, 5.41) is 15.8. The zero-order valence-corrected chi connectivity index (χ0v) is 21.5. The summed E-state index contributed by atoms with van der Waals surface area (Å²) in [7, 11) is -1.31. The minimum absolute atomic E-state index is 0.109. The fourth-order valence-electron chi connectivity index (χ4n) is 3.13. The molecular weight excluding hydrogens is 535 g/mol. The SMILES string of the molecule is CCCS(=O)c1cc(N[C@@H](Cc2ccc(NC(=O)c3c(Cl)cncc3Cl)cc2)C(=O)O)ncc1Cl. The van der Waals surface area contributed by atoms with Gasteiger partial charge in [0.15, 0.2) is 0 Å². The highest BCUT2D eigenvalue weighted by Crippen LogP contribution is 2.25. The molecule has 12 heteroatoms. The van der Waals surface area contributed by atoms with E-state index in [1.165, 1.54) is 24.7 Å². The number of anilines is 2. The number of hydrogen-bond acceptors (Lipinski definition) is 6. The van der Waals surface area contributed by atoms with Crippen molar-refractivity contribution in [3.8, 4) is 0 Å². The van der Waals surface area contributed by atoms with E-state index in [0.29, 0.717) is 28.3 Å². The van der Waals surface area contributed by atoms with Crippen molar-refractivity contribution in [2.24, 2.45) is 0 Å². The molecule has 0 saturated carbocycles. The van der Waals surface area contributed by atoms with Crippen molar-refractivity contribution in [1.82, 2.24) is 9.97 Å². The van der Waals surface area contributed by atoms with E-state index in [2.05, 4.69) is 20.6 Å². The van der Waals surface area contributed by atoms with Crippen molar-refractivity contribution < 1.29 is 18.9 Å². The van der Waals surface area contributed by atoms with Crippen LogP contribution in [-0.4, -0.2) is 43.0 Å². The van der Waals surface area contributed by atoms with Crippen LogP contribution < -0.4 is 10.6 Å². The number of aliphatic carboxylic acids is 1. The minimum atomic E-state index is -1.31. The number of nitrogens with one attached hydrogen (secondary N) is 2. The molecule has 1 amide bonds. The third-order valence-electron chi connectivity index (χ3n) is 4.81. The van der Waals surface area contributed by atoms with Gasteiger partial charge in [-0.2, -0.15) is 0 Å². The molecule has 0 saturated heterocycles. The molecule has 1 aromatic carbocycles. The molecule has 0 aliphatic heterocycles. The standard InChI is InChI=1S/C23H21Cl3N4O4S/c1-2-7-35(34)19-9-20(28-12-15(19)24)30-18(23(32)33)8-13-3-5-14(6-4-13)29-22(31)21-16(25)10-27-11-17(21)26/h3-6,9-12,18H,2,7-8H2,1H3,(H,28,30)(H,29,31)(H,32,33)/t18-,35?/m0/s1. The first-order valence-electron chi connectivity index (χ1n) is 10.4. The van der Waals surface area contributed by atoms with Crippen molar-refractivity contribution in [2.75, 3.05) is 16.4 Å². The molecule has 2 atom stereocenters. The Hall–Kier alpha value is -2.72. The summed E-state index contributed by atoms with van der Waals surface area (Å²) >= 11 is 18.2. The first-order valence-corrected chi connectivity index (χ1v) is 12.9. The molecule has 1 unspecified atom stereocenters. The third kappa shape index (κ3) is 7.14. The van der Waals surface area contributed by atoms with Gasteiger partial charge >= 0.3 is 5.97 Å². The van der Waals surface area contributed by atoms with Crippen LogP contribution in [0.5, 0.6) is 0 Å². The molecule has 3 aromatic rings. The van der Waals surface area contributed by atoms with Crippen LogP contribution in [0.3, 0.4) is 0 Å². The topological polar surface area (TPSA) is 121 Å². The molecule has 184 valence electrons. The van der Waals surface area contributed by atoms with Crippen LogP contribution in [0.4, 0.5) is 11.5 Å². The number of amides is 1. The van der Waals surface area contributed by atoms with Gasteiger partial charge in [0.1, 0.15) is 11.9 Å². The van der Waals surface area contributed by atoms with Gasteiger partial charge in [-0.3, -0.25) is 14.0 Å². The Labute approximate surface area is 219 Å². The minimum Gasteiger partial charge on any atom is -0.480 e. The van der Waals surface area contributed by atoms with Crippen LogP contribution in [0.15, 0.2) is 53.8 Å². The fraction of sp³-hybridized carbons (Fsp3) is 0.217. The molecule has 0 spiro atoms. The van der Waals surface area contributed by atoms with Crippen LogP contribution in [0.25, 0.3) is 0 Å². The largest absolute Gasteiger partial charge is 0.480 e. The Morgan fingerprint density at radius 2 is 1.71 bits per heavy atom. The van der Waals surface area contributed by atoms with E-state index in [0.717, 1.165) is 0 Å². The lowest BCUT2D eigenvalue weighted by atomic mass is 10.1. The number of hydrogen-bond donors (Lipinski definition) is 3. The summed E-state index contributed by atoms with van der Waals surface area (Å²) in [6.45, 7) is 1.91. The highest BCUT2D eigenvalue weighted by molar-refractivity contribution is 7.85. The maximum atomic E-state index is 12.5. The van der Waals surface area contributed by atoms with Gasteiger partial charge in [-0.1, -0.05) is 53.9 Å². The number of carbonyl (C=O) groups is 2. The number of carboxylic acids is 1. The molecule has 3 rings (SSSR count). The van der Waals surface area contributed by atoms with Gasteiger partial charge in [0.2, 0.25) is 0 Å². The maximum absolute atomic E-state index is 12.5. The quantitative estimate of drug-likeness (QED) is 0.310. The Balaban J connectivity index is 1.70. The van der Waals surface area contributed by atoms with Crippen molar-refractivity contribution in [3.05, 3.63) is 75.1 Å². The molecule has 0 aliphatic rings. The second-order valence-electron chi connectivity index (χ2n) is 7.42. The van der Waals surface area contributed by atoms with Crippen molar-refractivity contribution >= 4 is 69.0 Å². The van der Waals surface area contributed by atoms with Gasteiger partial charge in [-0.25, -0.2) is 9.78 Å². The first-order chi connectivity index (χ1) is 16.7.